The maximum absolute atomic E-state index is 4.27. The SMILES string of the molecule is C=C(C)c1c(/C=C\C)cc(C2CCCC2)cc1-c1ccc(C)cc1.Cc1ccccc1. The summed E-state index contributed by atoms with van der Waals surface area (Å²) in [6, 6.07) is 24.0. The molecule has 0 unspecified atom stereocenters. The topological polar surface area (TPSA) is 0 Å². The summed E-state index contributed by atoms with van der Waals surface area (Å²) in [4.78, 5) is 0. The third-order valence-electron chi connectivity index (χ3n) is 6.09. The van der Waals surface area contributed by atoms with Crippen LogP contribution < -0.4 is 0 Å². The van der Waals surface area contributed by atoms with E-state index in [0.717, 1.165) is 11.5 Å². The lowest BCUT2D eigenvalue weighted by atomic mass is 9.85. The predicted octanol–water partition coefficient (Wildman–Crippen LogP) is 9.38. The first-order chi connectivity index (χ1) is 15.0. The maximum Gasteiger partial charge on any atom is -0.00819 e. The van der Waals surface area contributed by atoms with Crippen LogP contribution >= 0.6 is 0 Å². The highest BCUT2D eigenvalue weighted by Gasteiger charge is 2.20. The van der Waals surface area contributed by atoms with Crippen LogP contribution in [0.3, 0.4) is 0 Å². The summed E-state index contributed by atoms with van der Waals surface area (Å²) in [5.74, 6) is 0.720. The van der Waals surface area contributed by atoms with E-state index in [9.17, 15) is 0 Å². The van der Waals surface area contributed by atoms with Crippen LogP contribution in [0.5, 0.6) is 0 Å². The number of allylic oxidation sites excluding steroid dienone is 2. The Bertz CT molecular complexity index is 1010. The molecule has 0 amide bonds. The third kappa shape index (κ3) is 6.07. The lowest BCUT2D eigenvalue weighted by Gasteiger charge is -2.19. The molecule has 3 aromatic rings. The van der Waals surface area contributed by atoms with Crippen molar-refractivity contribution in [3.63, 3.8) is 0 Å². The summed E-state index contributed by atoms with van der Waals surface area (Å²) in [5, 5.41) is 0. The van der Waals surface area contributed by atoms with Gasteiger partial charge in [-0.25, -0.2) is 0 Å². The molecule has 0 aromatic heterocycles. The molecule has 0 radical (unpaired) electrons. The van der Waals surface area contributed by atoms with Gasteiger partial charge in [-0.2, -0.15) is 0 Å². The van der Waals surface area contributed by atoms with Gasteiger partial charge in [-0.1, -0.05) is 109 Å². The molecule has 0 saturated heterocycles. The maximum atomic E-state index is 4.27. The molecule has 0 heterocycles. The second kappa shape index (κ2) is 11.0. The van der Waals surface area contributed by atoms with Gasteiger partial charge in [0.1, 0.15) is 0 Å². The molecule has 1 aliphatic carbocycles. The molecule has 0 nitrogen and oxygen atoms in total. The zero-order chi connectivity index (χ0) is 22.2. The Morgan fingerprint density at radius 1 is 0.871 bits per heavy atom. The summed E-state index contributed by atoms with van der Waals surface area (Å²) in [7, 11) is 0. The van der Waals surface area contributed by atoms with Crippen molar-refractivity contribution in [2.24, 2.45) is 0 Å². The highest BCUT2D eigenvalue weighted by Crippen LogP contribution is 2.40. The highest BCUT2D eigenvalue weighted by atomic mass is 14.2. The summed E-state index contributed by atoms with van der Waals surface area (Å²) in [5.41, 5.74) is 10.5. The molecule has 1 aliphatic rings. The van der Waals surface area contributed by atoms with Gasteiger partial charge in [0.05, 0.1) is 0 Å². The number of aryl methyl sites for hydroxylation is 2. The van der Waals surface area contributed by atoms with E-state index < -0.39 is 0 Å². The van der Waals surface area contributed by atoms with Crippen molar-refractivity contribution < 1.29 is 0 Å². The van der Waals surface area contributed by atoms with Crippen molar-refractivity contribution in [1.82, 2.24) is 0 Å². The van der Waals surface area contributed by atoms with E-state index in [1.165, 1.54) is 64.6 Å². The summed E-state index contributed by atoms with van der Waals surface area (Å²) in [6.45, 7) is 12.7. The molecule has 31 heavy (non-hydrogen) atoms. The van der Waals surface area contributed by atoms with Gasteiger partial charge in [0.2, 0.25) is 0 Å². The minimum atomic E-state index is 0.720. The molecule has 0 aliphatic heterocycles. The van der Waals surface area contributed by atoms with Crippen LogP contribution in [-0.2, 0) is 0 Å². The molecule has 1 fully saturated rings. The molecule has 4 rings (SSSR count). The average molecular weight is 409 g/mol. The zero-order valence-corrected chi connectivity index (χ0v) is 19.6. The van der Waals surface area contributed by atoms with E-state index in [4.69, 9.17) is 0 Å². The molecule has 0 bridgehead atoms. The first kappa shape index (κ1) is 22.8. The first-order valence-corrected chi connectivity index (χ1v) is 11.5. The smallest absolute Gasteiger partial charge is 0.00819 e. The van der Waals surface area contributed by atoms with Crippen LogP contribution in [-0.4, -0.2) is 0 Å². The molecule has 0 atom stereocenters. The van der Waals surface area contributed by atoms with Crippen molar-refractivity contribution in [3.8, 4) is 11.1 Å². The van der Waals surface area contributed by atoms with Gasteiger partial charge >= 0.3 is 0 Å². The minimum absolute atomic E-state index is 0.720. The zero-order valence-electron chi connectivity index (χ0n) is 19.6. The monoisotopic (exact) mass is 408 g/mol. The molecule has 1 saturated carbocycles. The molecular weight excluding hydrogens is 372 g/mol. The van der Waals surface area contributed by atoms with E-state index in [1.807, 2.05) is 18.2 Å². The first-order valence-electron chi connectivity index (χ1n) is 11.5. The molecule has 0 heteroatoms. The largest absolute Gasteiger partial charge is 0.0955 e. The van der Waals surface area contributed by atoms with Crippen molar-refractivity contribution in [1.29, 1.82) is 0 Å². The van der Waals surface area contributed by atoms with Gasteiger partial charge in [0.25, 0.3) is 0 Å². The van der Waals surface area contributed by atoms with Gasteiger partial charge in [0.15, 0.2) is 0 Å². The lowest BCUT2D eigenvalue weighted by molar-refractivity contribution is 0.723. The quantitative estimate of drug-likeness (QED) is 0.403. The highest BCUT2D eigenvalue weighted by molar-refractivity contribution is 5.86. The van der Waals surface area contributed by atoms with Crippen molar-refractivity contribution >= 4 is 11.6 Å². The van der Waals surface area contributed by atoms with Gasteiger partial charge in [0, 0.05) is 0 Å². The summed E-state index contributed by atoms with van der Waals surface area (Å²) in [6.07, 6.45) is 9.76. The average Bonchev–Trinajstić information content (AvgIpc) is 3.30. The summed E-state index contributed by atoms with van der Waals surface area (Å²) >= 11 is 0. The Balaban J connectivity index is 0.000000330. The second-order valence-electron chi connectivity index (χ2n) is 8.82. The Hall–Kier alpha value is -2.86. The van der Waals surface area contributed by atoms with Gasteiger partial charge in [-0.05, 0) is 79.8 Å². The van der Waals surface area contributed by atoms with E-state index in [-0.39, 0.29) is 0 Å². The van der Waals surface area contributed by atoms with Crippen LogP contribution in [0, 0.1) is 13.8 Å². The Morgan fingerprint density at radius 3 is 2.00 bits per heavy atom. The van der Waals surface area contributed by atoms with Crippen molar-refractivity contribution in [2.75, 3.05) is 0 Å². The number of hydrogen-bond acceptors (Lipinski definition) is 0. The fraction of sp³-hybridized carbons (Fsp3) is 0.290. The van der Waals surface area contributed by atoms with E-state index >= 15 is 0 Å². The van der Waals surface area contributed by atoms with Crippen molar-refractivity contribution in [3.05, 3.63) is 107 Å². The predicted molar refractivity (Wildman–Crippen MR) is 138 cm³/mol. The normalized spacial score (nSPS) is 13.8. The van der Waals surface area contributed by atoms with E-state index in [0.29, 0.717) is 0 Å². The van der Waals surface area contributed by atoms with Crippen molar-refractivity contribution in [2.45, 2.75) is 59.3 Å². The minimum Gasteiger partial charge on any atom is -0.0955 e. The molecule has 3 aromatic carbocycles. The van der Waals surface area contributed by atoms with Crippen LogP contribution in [0.15, 0.2) is 79.4 Å². The molecular formula is C31H36. The fourth-order valence-corrected chi connectivity index (χ4v) is 4.47. The standard InChI is InChI=1S/C24H28.C7H8/c1-5-8-21-15-22(19-9-6-7-10-19)16-23(24(21)17(2)3)20-13-11-18(4)12-14-20;1-7-5-3-2-4-6-7/h5,8,11-16,19H,2,6-7,9-10H2,1,3-4H3;2-6H,1H3/b8-5-;. The van der Waals surface area contributed by atoms with Crippen LogP contribution in [0.25, 0.3) is 22.8 Å². The number of rotatable bonds is 4. The van der Waals surface area contributed by atoms with E-state index in [2.05, 4.69) is 95.0 Å². The molecule has 160 valence electrons. The molecule has 0 N–H and O–H groups in total. The van der Waals surface area contributed by atoms with E-state index in [1.54, 1.807) is 0 Å². The number of benzene rings is 3. The Morgan fingerprint density at radius 2 is 1.48 bits per heavy atom. The lowest BCUT2D eigenvalue weighted by Crippen LogP contribution is -1.99. The summed E-state index contributed by atoms with van der Waals surface area (Å²) < 4.78 is 0. The molecule has 0 spiro atoms. The fourth-order valence-electron chi connectivity index (χ4n) is 4.47. The Kier molecular flexibility index (Phi) is 8.06. The van der Waals surface area contributed by atoms with Crippen LogP contribution in [0.4, 0.5) is 0 Å². The third-order valence-corrected chi connectivity index (χ3v) is 6.09. The van der Waals surface area contributed by atoms with Gasteiger partial charge in [-0.3, -0.25) is 0 Å². The second-order valence-corrected chi connectivity index (χ2v) is 8.82. The number of hydrogen-bond donors (Lipinski definition) is 0. The van der Waals surface area contributed by atoms with Gasteiger partial charge in [-0.15, -0.1) is 0 Å². The van der Waals surface area contributed by atoms with Crippen LogP contribution in [0.2, 0.25) is 0 Å². The van der Waals surface area contributed by atoms with Crippen LogP contribution in [0.1, 0.15) is 73.3 Å². The van der Waals surface area contributed by atoms with Gasteiger partial charge < -0.3 is 0 Å². The Labute approximate surface area is 189 Å².